The normalized spacial score (nSPS) is 16.6. The smallest absolute Gasteiger partial charge is 0.206 e. The van der Waals surface area contributed by atoms with Gasteiger partial charge >= 0.3 is 0 Å². The van der Waals surface area contributed by atoms with Crippen LogP contribution in [0.3, 0.4) is 0 Å². The minimum Gasteiger partial charge on any atom is -0.463 e. The maximum absolute atomic E-state index is 5.61. The van der Waals surface area contributed by atoms with Gasteiger partial charge in [-0.25, -0.2) is 4.68 Å². The van der Waals surface area contributed by atoms with Crippen LogP contribution in [0.1, 0.15) is 43.2 Å². The molecule has 0 bridgehead atoms. The fourth-order valence-corrected chi connectivity index (χ4v) is 4.20. The average Bonchev–Trinajstić information content (AvgIpc) is 3.32. The molecule has 1 aliphatic carbocycles. The molecule has 2 heterocycles. The van der Waals surface area contributed by atoms with Crippen molar-refractivity contribution in [2.45, 2.75) is 45.1 Å². The third-order valence-electron chi connectivity index (χ3n) is 4.83. The molecule has 26 heavy (non-hydrogen) atoms. The second kappa shape index (κ2) is 7.87. The van der Waals surface area contributed by atoms with Gasteiger partial charge in [0.2, 0.25) is 4.80 Å². The lowest BCUT2D eigenvalue weighted by Crippen LogP contribution is -2.19. The first kappa shape index (κ1) is 17.0. The maximum Gasteiger partial charge on any atom is 0.206 e. The summed E-state index contributed by atoms with van der Waals surface area (Å²) in [6.07, 6.45) is 9.84. The van der Waals surface area contributed by atoms with Gasteiger partial charge in [0.25, 0.3) is 0 Å². The van der Waals surface area contributed by atoms with E-state index in [1.54, 1.807) is 17.6 Å². The Bertz CT molecular complexity index is 944. The van der Waals surface area contributed by atoms with E-state index in [9.17, 15) is 0 Å². The first-order chi connectivity index (χ1) is 12.8. The number of nitrogens with zero attached hydrogens (tertiary/aromatic N) is 3. The van der Waals surface area contributed by atoms with Crippen LogP contribution in [0.5, 0.6) is 0 Å². The molecule has 3 aromatic rings. The summed E-state index contributed by atoms with van der Waals surface area (Å²) in [6.45, 7) is 2.10. The predicted molar refractivity (Wildman–Crippen MR) is 107 cm³/mol. The van der Waals surface area contributed by atoms with Gasteiger partial charge in [0, 0.05) is 5.38 Å². The van der Waals surface area contributed by atoms with Crippen LogP contribution in [0.25, 0.3) is 11.5 Å². The third-order valence-corrected chi connectivity index (χ3v) is 5.66. The lowest BCUT2D eigenvalue weighted by atomic mass is 9.96. The summed E-state index contributed by atoms with van der Waals surface area (Å²) in [5.41, 5.74) is 3.26. The maximum atomic E-state index is 5.61. The van der Waals surface area contributed by atoms with Crippen molar-refractivity contribution in [3.8, 4) is 11.5 Å². The quantitative estimate of drug-likeness (QED) is 0.584. The summed E-state index contributed by atoms with van der Waals surface area (Å²) < 4.78 is 7.53. The number of thiazole rings is 1. The largest absolute Gasteiger partial charge is 0.463 e. The van der Waals surface area contributed by atoms with Crippen LogP contribution in [-0.4, -0.2) is 16.9 Å². The van der Waals surface area contributed by atoms with E-state index in [0.717, 1.165) is 21.8 Å². The molecular formula is C21H23N3OS. The van der Waals surface area contributed by atoms with E-state index in [2.05, 4.69) is 24.4 Å². The first-order valence-electron chi connectivity index (χ1n) is 9.19. The number of hydrogen-bond acceptors (Lipinski definition) is 4. The van der Waals surface area contributed by atoms with Crippen molar-refractivity contribution in [2.24, 2.45) is 10.1 Å². The van der Waals surface area contributed by atoms with E-state index in [-0.39, 0.29) is 0 Å². The Balaban J connectivity index is 1.75. The molecule has 0 unspecified atom stereocenters. The topological polar surface area (TPSA) is 42.8 Å². The van der Waals surface area contributed by atoms with Gasteiger partial charge in [-0.3, -0.25) is 4.99 Å². The zero-order valence-electron chi connectivity index (χ0n) is 15.0. The highest BCUT2D eigenvalue weighted by Gasteiger charge is 2.14. The minimum atomic E-state index is 0.409. The van der Waals surface area contributed by atoms with Crippen molar-refractivity contribution < 1.29 is 4.42 Å². The second-order valence-electron chi connectivity index (χ2n) is 6.71. The summed E-state index contributed by atoms with van der Waals surface area (Å²) in [5, 5.41) is 6.85. The van der Waals surface area contributed by atoms with E-state index in [4.69, 9.17) is 14.5 Å². The van der Waals surface area contributed by atoms with Crippen molar-refractivity contribution in [1.82, 2.24) is 4.68 Å². The highest BCUT2D eigenvalue weighted by Crippen LogP contribution is 2.23. The Kier molecular flexibility index (Phi) is 5.16. The molecule has 0 aliphatic heterocycles. The third kappa shape index (κ3) is 3.73. The van der Waals surface area contributed by atoms with Crippen molar-refractivity contribution in [1.29, 1.82) is 0 Å². The van der Waals surface area contributed by atoms with Crippen LogP contribution < -0.4 is 4.80 Å². The molecule has 0 atom stereocenters. The standard InChI is InChI=1S/C21H23N3OS/c1-16-8-5-6-9-17(16)14-22-24-19(20-12-7-13-25-20)15-26-21(24)23-18-10-3-2-4-11-18/h5-9,12-15,18H,2-4,10-11H2,1H3. The van der Waals surface area contributed by atoms with Gasteiger partial charge in [0.15, 0.2) is 5.76 Å². The summed E-state index contributed by atoms with van der Waals surface area (Å²) in [6, 6.07) is 12.5. The summed E-state index contributed by atoms with van der Waals surface area (Å²) >= 11 is 1.63. The molecule has 0 radical (unpaired) electrons. The molecule has 4 rings (SSSR count). The van der Waals surface area contributed by atoms with Gasteiger partial charge in [0.1, 0.15) is 5.69 Å². The Labute approximate surface area is 157 Å². The Morgan fingerprint density at radius 1 is 1.12 bits per heavy atom. The zero-order valence-corrected chi connectivity index (χ0v) is 15.8. The Morgan fingerprint density at radius 2 is 1.96 bits per heavy atom. The van der Waals surface area contributed by atoms with Crippen molar-refractivity contribution in [3.05, 3.63) is 64.0 Å². The van der Waals surface area contributed by atoms with Gasteiger partial charge in [-0.15, -0.1) is 11.3 Å². The SMILES string of the molecule is Cc1ccccc1C=Nn1c(-c2ccco2)csc1=NC1CCCCC1. The Morgan fingerprint density at radius 3 is 2.73 bits per heavy atom. The fourth-order valence-electron chi connectivity index (χ4n) is 3.31. The highest BCUT2D eigenvalue weighted by molar-refractivity contribution is 7.07. The van der Waals surface area contributed by atoms with Gasteiger partial charge < -0.3 is 4.42 Å². The predicted octanol–water partition coefficient (Wildman–Crippen LogP) is 5.23. The molecule has 1 fully saturated rings. The van der Waals surface area contributed by atoms with E-state index in [0.29, 0.717) is 6.04 Å². The number of aryl methyl sites for hydroxylation is 1. The monoisotopic (exact) mass is 365 g/mol. The molecular weight excluding hydrogens is 342 g/mol. The molecule has 0 amide bonds. The molecule has 1 aliphatic rings. The van der Waals surface area contributed by atoms with E-state index in [1.165, 1.54) is 37.7 Å². The van der Waals surface area contributed by atoms with Crippen molar-refractivity contribution in [3.63, 3.8) is 0 Å². The zero-order chi connectivity index (χ0) is 17.8. The van der Waals surface area contributed by atoms with E-state index >= 15 is 0 Å². The lowest BCUT2D eigenvalue weighted by Gasteiger charge is -2.16. The minimum absolute atomic E-state index is 0.409. The highest BCUT2D eigenvalue weighted by atomic mass is 32.1. The molecule has 0 saturated heterocycles. The number of aromatic nitrogens is 1. The average molecular weight is 366 g/mol. The van der Waals surface area contributed by atoms with Gasteiger partial charge in [0.05, 0.1) is 18.5 Å². The van der Waals surface area contributed by atoms with Crippen LogP contribution in [0.4, 0.5) is 0 Å². The first-order valence-corrected chi connectivity index (χ1v) is 10.1. The van der Waals surface area contributed by atoms with Gasteiger partial charge in [-0.05, 0) is 43.0 Å². The number of hydrogen-bond donors (Lipinski definition) is 0. The molecule has 0 spiro atoms. The van der Waals surface area contributed by atoms with Gasteiger partial charge in [-0.1, -0.05) is 43.5 Å². The van der Waals surface area contributed by atoms with Gasteiger partial charge in [-0.2, -0.15) is 5.10 Å². The summed E-state index contributed by atoms with van der Waals surface area (Å²) in [5.74, 6) is 0.813. The molecule has 134 valence electrons. The second-order valence-corrected chi connectivity index (χ2v) is 7.55. The lowest BCUT2D eigenvalue weighted by molar-refractivity contribution is 0.435. The number of furan rings is 1. The molecule has 5 heteroatoms. The number of benzene rings is 1. The molecule has 4 nitrogen and oxygen atoms in total. The fraction of sp³-hybridized carbons (Fsp3) is 0.333. The molecule has 0 N–H and O–H groups in total. The summed E-state index contributed by atoms with van der Waals surface area (Å²) in [4.78, 5) is 5.95. The van der Waals surface area contributed by atoms with Crippen LogP contribution in [0.15, 0.2) is 62.6 Å². The molecule has 1 saturated carbocycles. The van der Waals surface area contributed by atoms with E-state index in [1.807, 2.05) is 35.2 Å². The van der Waals surface area contributed by atoms with E-state index < -0.39 is 0 Å². The summed E-state index contributed by atoms with van der Waals surface area (Å²) in [7, 11) is 0. The van der Waals surface area contributed by atoms with Crippen molar-refractivity contribution >= 4 is 17.6 Å². The molecule has 2 aromatic heterocycles. The molecule has 1 aromatic carbocycles. The van der Waals surface area contributed by atoms with Crippen LogP contribution in [-0.2, 0) is 0 Å². The van der Waals surface area contributed by atoms with Crippen molar-refractivity contribution in [2.75, 3.05) is 0 Å². The van der Waals surface area contributed by atoms with Crippen LogP contribution in [0.2, 0.25) is 0 Å². The van der Waals surface area contributed by atoms with Crippen LogP contribution >= 0.6 is 11.3 Å². The number of rotatable bonds is 4. The Hall–Kier alpha value is -2.40. The van der Waals surface area contributed by atoms with Crippen LogP contribution in [0, 0.1) is 6.92 Å².